The van der Waals surface area contributed by atoms with Crippen molar-refractivity contribution < 1.29 is 0 Å². The highest BCUT2D eigenvalue weighted by molar-refractivity contribution is 6.32. The molecule has 0 aliphatic rings. The molecule has 1 unspecified atom stereocenters. The van der Waals surface area contributed by atoms with Crippen molar-refractivity contribution in [1.29, 1.82) is 5.26 Å². The highest BCUT2D eigenvalue weighted by atomic mass is 35.5. The molecule has 2 nitrogen and oxygen atoms in total. The molecule has 102 valence electrons. The number of anilines is 1. The number of hydrogen-bond donors (Lipinski definition) is 1. The van der Waals surface area contributed by atoms with Crippen LogP contribution in [0, 0.1) is 18.3 Å². The fraction of sp³-hybridized carbons (Fsp3) is 0.188. The van der Waals surface area contributed by atoms with Gasteiger partial charge in [-0.3, -0.25) is 0 Å². The Balaban J connectivity index is 2.65. The maximum absolute atomic E-state index is 9.67. The third-order valence-electron chi connectivity index (χ3n) is 3.54. The molecule has 0 amide bonds. The molecule has 2 rings (SSSR count). The molecular formula is C16H14Cl2N2. The van der Waals surface area contributed by atoms with Crippen molar-refractivity contribution in [3.8, 4) is 6.07 Å². The lowest BCUT2D eigenvalue weighted by atomic mass is 9.77. The summed E-state index contributed by atoms with van der Waals surface area (Å²) in [7, 11) is 0. The SMILES string of the molecule is Cc1cc(C(C)(C#N)c2ccc(Cl)cc2)c(Cl)cc1N. The fourth-order valence-corrected chi connectivity index (χ4v) is 2.63. The molecule has 0 aromatic heterocycles. The number of benzene rings is 2. The Hall–Kier alpha value is -1.69. The second-order valence-electron chi connectivity index (χ2n) is 4.93. The standard InChI is InChI=1S/C16H14Cl2N2/c1-10-7-13(14(18)8-15(10)20)16(2,9-19)11-3-5-12(17)6-4-11/h3-8H,20H2,1-2H3. The van der Waals surface area contributed by atoms with Gasteiger partial charge in [-0.05, 0) is 48.7 Å². The lowest BCUT2D eigenvalue weighted by molar-refractivity contribution is 0.740. The Bertz CT molecular complexity index is 687. The average molecular weight is 305 g/mol. The highest BCUT2D eigenvalue weighted by Crippen LogP contribution is 2.38. The first-order chi connectivity index (χ1) is 9.38. The molecule has 0 bridgehead atoms. The largest absolute Gasteiger partial charge is 0.398 e. The third-order valence-corrected chi connectivity index (χ3v) is 4.10. The summed E-state index contributed by atoms with van der Waals surface area (Å²) in [6, 6.07) is 13.1. The zero-order valence-electron chi connectivity index (χ0n) is 11.2. The van der Waals surface area contributed by atoms with Crippen LogP contribution in [0.1, 0.15) is 23.6 Å². The number of nitrogens with zero attached hydrogens (tertiary/aromatic N) is 1. The molecule has 0 saturated heterocycles. The second kappa shape index (κ2) is 5.36. The molecule has 0 radical (unpaired) electrons. The van der Waals surface area contributed by atoms with E-state index in [1.807, 2.05) is 32.0 Å². The molecule has 0 aliphatic heterocycles. The Morgan fingerprint density at radius 1 is 1.15 bits per heavy atom. The maximum atomic E-state index is 9.67. The predicted octanol–water partition coefficient (Wildman–Crippen LogP) is 4.71. The van der Waals surface area contributed by atoms with Gasteiger partial charge in [-0.25, -0.2) is 0 Å². The summed E-state index contributed by atoms with van der Waals surface area (Å²) in [6.07, 6.45) is 0. The van der Waals surface area contributed by atoms with Gasteiger partial charge in [-0.15, -0.1) is 0 Å². The van der Waals surface area contributed by atoms with E-state index in [1.54, 1.807) is 18.2 Å². The first-order valence-corrected chi connectivity index (χ1v) is 6.87. The van der Waals surface area contributed by atoms with E-state index in [0.29, 0.717) is 15.7 Å². The van der Waals surface area contributed by atoms with Crippen molar-refractivity contribution in [2.24, 2.45) is 0 Å². The van der Waals surface area contributed by atoms with Crippen LogP contribution in [-0.2, 0) is 5.41 Å². The van der Waals surface area contributed by atoms with Gasteiger partial charge < -0.3 is 5.73 Å². The van der Waals surface area contributed by atoms with E-state index in [9.17, 15) is 5.26 Å². The molecule has 0 spiro atoms. The number of rotatable bonds is 2. The van der Waals surface area contributed by atoms with Crippen LogP contribution in [0.2, 0.25) is 10.0 Å². The van der Waals surface area contributed by atoms with Gasteiger partial charge in [0.15, 0.2) is 0 Å². The van der Waals surface area contributed by atoms with Crippen LogP contribution in [0.5, 0.6) is 0 Å². The first kappa shape index (κ1) is 14.7. The summed E-state index contributed by atoms with van der Waals surface area (Å²) in [5.74, 6) is 0. The topological polar surface area (TPSA) is 49.8 Å². The van der Waals surface area contributed by atoms with E-state index in [4.69, 9.17) is 28.9 Å². The van der Waals surface area contributed by atoms with Crippen LogP contribution >= 0.6 is 23.2 Å². The lowest BCUT2D eigenvalue weighted by Crippen LogP contribution is -2.22. The number of nitrogen functional groups attached to an aromatic ring is 1. The molecule has 1 atom stereocenters. The van der Waals surface area contributed by atoms with Crippen molar-refractivity contribution in [1.82, 2.24) is 0 Å². The Morgan fingerprint density at radius 3 is 2.30 bits per heavy atom. The zero-order chi connectivity index (χ0) is 14.9. The van der Waals surface area contributed by atoms with E-state index >= 15 is 0 Å². The van der Waals surface area contributed by atoms with E-state index < -0.39 is 5.41 Å². The summed E-state index contributed by atoms with van der Waals surface area (Å²) in [6.45, 7) is 3.74. The van der Waals surface area contributed by atoms with Crippen LogP contribution in [0.3, 0.4) is 0 Å². The first-order valence-electron chi connectivity index (χ1n) is 6.12. The number of hydrogen-bond acceptors (Lipinski definition) is 2. The van der Waals surface area contributed by atoms with Crippen LogP contribution in [-0.4, -0.2) is 0 Å². The minimum absolute atomic E-state index is 0.493. The second-order valence-corrected chi connectivity index (χ2v) is 5.78. The molecule has 20 heavy (non-hydrogen) atoms. The monoisotopic (exact) mass is 304 g/mol. The smallest absolute Gasteiger partial charge is 0.106 e. The number of aryl methyl sites for hydroxylation is 1. The van der Waals surface area contributed by atoms with Crippen LogP contribution in [0.4, 0.5) is 5.69 Å². The quantitative estimate of drug-likeness (QED) is 0.817. The van der Waals surface area contributed by atoms with Crippen molar-refractivity contribution in [3.63, 3.8) is 0 Å². The summed E-state index contributed by atoms with van der Waals surface area (Å²) >= 11 is 12.2. The third kappa shape index (κ3) is 2.47. The van der Waals surface area contributed by atoms with Crippen molar-refractivity contribution in [3.05, 3.63) is 63.1 Å². The van der Waals surface area contributed by atoms with E-state index in [1.165, 1.54) is 0 Å². The van der Waals surface area contributed by atoms with Gasteiger partial charge in [0.2, 0.25) is 0 Å². The minimum Gasteiger partial charge on any atom is -0.398 e. The molecule has 2 N–H and O–H groups in total. The number of halogens is 2. The molecule has 0 fully saturated rings. The number of nitriles is 1. The van der Waals surface area contributed by atoms with Gasteiger partial charge >= 0.3 is 0 Å². The molecule has 2 aromatic rings. The summed E-state index contributed by atoms with van der Waals surface area (Å²) in [5, 5.41) is 10.8. The van der Waals surface area contributed by atoms with Crippen molar-refractivity contribution in [2.75, 3.05) is 5.73 Å². The van der Waals surface area contributed by atoms with E-state index in [-0.39, 0.29) is 0 Å². The number of nitrogens with two attached hydrogens (primary N) is 1. The van der Waals surface area contributed by atoms with Gasteiger partial charge in [0.05, 0.1) is 6.07 Å². The predicted molar refractivity (Wildman–Crippen MR) is 84.1 cm³/mol. The summed E-state index contributed by atoms with van der Waals surface area (Å²) in [4.78, 5) is 0. The fourth-order valence-electron chi connectivity index (χ4n) is 2.14. The summed E-state index contributed by atoms with van der Waals surface area (Å²) in [5.41, 5.74) is 8.11. The van der Waals surface area contributed by atoms with Gasteiger partial charge in [0.25, 0.3) is 0 Å². The highest BCUT2D eigenvalue weighted by Gasteiger charge is 2.31. The van der Waals surface area contributed by atoms with Crippen molar-refractivity contribution >= 4 is 28.9 Å². The molecule has 4 heteroatoms. The van der Waals surface area contributed by atoms with Crippen LogP contribution in [0.15, 0.2) is 36.4 Å². The summed E-state index contributed by atoms with van der Waals surface area (Å²) < 4.78 is 0. The van der Waals surface area contributed by atoms with Crippen molar-refractivity contribution in [2.45, 2.75) is 19.3 Å². The Morgan fingerprint density at radius 2 is 1.75 bits per heavy atom. The molecular weight excluding hydrogens is 291 g/mol. The van der Waals surface area contributed by atoms with Crippen LogP contribution in [0.25, 0.3) is 0 Å². The van der Waals surface area contributed by atoms with Gasteiger partial charge in [0.1, 0.15) is 5.41 Å². The zero-order valence-corrected chi connectivity index (χ0v) is 12.8. The lowest BCUT2D eigenvalue weighted by Gasteiger charge is -2.25. The normalized spacial score (nSPS) is 13.6. The average Bonchev–Trinajstić information content (AvgIpc) is 2.43. The van der Waals surface area contributed by atoms with Gasteiger partial charge in [0, 0.05) is 15.7 Å². The minimum atomic E-state index is -0.847. The molecule has 0 heterocycles. The van der Waals surface area contributed by atoms with Gasteiger partial charge in [-0.1, -0.05) is 41.4 Å². The molecule has 2 aromatic carbocycles. The van der Waals surface area contributed by atoms with Crippen LogP contribution < -0.4 is 5.73 Å². The molecule has 0 saturated carbocycles. The van der Waals surface area contributed by atoms with E-state index in [2.05, 4.69) is 6.07 Å². The molecule has 0 aliphatic carbocycles. The maximum Gasteiger partial charge on any atom is 0.106 e. The Labute approximate surface area is 128 Å². The van der Waals surface area contributed by atoms with Gasteiger partial charge in [-0.2, -0.15) is 5.26 Å². The Kier molecular flexibility index (Phi) is 3.94. The van der Waals surface area contributed by atoms with E-state index in [0.717, 1.165) is 16.7 Å².